The van der Waals surface area contributed by atoms with Crippen molar-refractivity contribution < 1.29 is 91.5 Å². The topological polar surface area (TPSA) is 395 Å². The highest BCUT2D eigenvalue weighted by atomic mass is 35.5. The summed E-state index contributed by atoms with van der Waals surface area (Å²) >= 11 is 6.86. The number of nitrogens with zero attached hydrogens (tertiary/aromatic N) is 3. The summed E-state index contributed by atoms with van der Waals surface area (Å²) in [6, 6.07) is 2.48. The molecule has 30 heteroatoms. The van der Waals surface area contributed by atoms with Gasteiger partial charge >= 0.3 is 18.0 Å². The number of nitrogens with two attached hydrogens (primary N) is 1. The fraction of sp³-hybridized carbons (Fsp3) is 0.565. The summed E-state index contributed by atoms with van der Waals surface area (Å²) in [5, 5.41) is 39.0. The molecule has 0 saturated carbocycles. The minimum absolute atomic E-state index is 0.00137. The van der Waals surface area contributed by atoms with E-state index in [1.165, 1.54) is 65.4 Å². The highest BCUT2D eigenvalue weighted by molar-refractivity contribution is 6.35. The number of likely N-dealkylation sites (N-methyl/N-ethyl adjacent to an activating group) is 1. The van der Waals surface area contributed by atoms with Crippen molar-refractivity contribution in [2.24, 2.45) is 17.6 Å². The number of primary amides is 1. The predicted octanol–water partition coefficient (Wildman–Crippen LogP) is 2.52. The number of hydrogen-bond acceptors (Lipinski definition) is 20. The standard InChI is InChI=1S/C62H85ClN10O19/c1-32(2)52(69-46(74)19-12-13-20-50(78)92-73-47(75)23-24-48(73)76)56(81)68-40(17-15-25-66-59(64)84)55(80)67-39-22-21-37(29-38(39)54(79)65-7)57(82)71(8)35(5)58(83)90-45-30-49(77)72(9)41-27-36(28-42(87-10)51(41)63)26-33(3)16-14-18-44(88-11)62(86)31-43(89-60(85)70-62)34(4)53-61(45,6)91-53/h14,16,18,21-22,27-29,32,34-35,40,43-45,52-53,60,70,85-86H,12-13,15,17,19-20,23-26,30-31H2,1-11H3,(H,65,79)(H,67,80)(H,68,81)(H,69,74)(H3,64,66,84)/b18-14+,33-16+/t34-,35+,40+,43+,44-,45+,52+,53+,60?,61+,62+/m1/s1. The number of allylic oxidation sites excluding steroid dienone is 3. The van der Waals surface area contributed by atoms with Gasteiger partial charge in [-0.3, -0.25) is 38.4 Å². The summed E-state index contributed by atoms with van der Waals surface area (Å²) in [5.74, 6) is -8.18. The molecule has 10 amide bonds. The van der Waals surface area contributed by atoms with E-state index in [1.54, 1.807) is 52.0 Å². The molecule has 2 aromatic rings. The van der Waals surface area contributed by atoms with Crippen LogP contribution in [0.15, 0.2) is 54.1 Å². The molecule has 0 aromatic heterocycles. The number of anilines is 2. The third-order valence-corrected chi connectivity index (χ3v) is 17.0. The molecule has 4 aliphatic heterocycles. The summed E-state index contributed by atoms with van der Waals surface area (Å²) in [6.45, 7) is 9.98. The van der Waals surface area contributed by atoms with Crippen molar-refractivity contribution in [2.45, 2.75) is 172 Å². The molecule has 6 rings (SSSR count). The van der Waals surface area contributed by atoms with E-state index in [-0.39, 0.29) is 97.6 Å². The average molecular weight is 1310 g/mol. The lowest BCUT2D eigenvalue weighted by Crippen LogP contribution is -2.65. The molecule has 0 spiro atoms. The number of fused-ring (bicyclic) bond motifs is 5. The largest absolute Gasteiger partial charge is 0.495 e. The molecule has 29 nitrogen and oxygen atoms in total. The number of ether oxygens (including phenoxy) is 5. The van der Waals surface area contributed by atoms with Gasteiger partial charge in [-0.1, -0.05) is 56.2 Å². The summed E-state index contributed by atoms with van der Waals surface area (Å²) in [5.41, 5.74) is 3.45. The molecule has 92 heavy (non-hydrogen) atoms. The number of esters is 1. The highest BCUT2D eigenvalue weighted by Crippen LogP contribution is 2.49. The maximum Gasteiger partial charge on any atom is 0.333 e. The lowest BCUT2D eigenvalue weighted by Gasteiger charge is -2.44. The van der Waals surface area contributed by atoms with Gasteiger partial charge in [-0.15, -0.1) is 5.06 Å². The Labute approximate surface area is 538 Å². The van der Waals surface area contributed by atoms with Crippen LogP contribution in [0.1, 0.15) is 132 Å². The minimum Gasteiger partial charge on any atom is -0.495 e. The van der Waals surface area contributed by atoms with Gasteiger partial charge in [0.1, 0.15) is 46.7 Å². The molecule has 4 heterocycles. The van der Waals surface area contributed by atoms with Crippen LogP contribution in [-0.2, 0) is 68.6 Å². The molecule has 4 bridgehead atoms. The van der Waals surface area contributed by atoms with E-state index in [0.29, 0.717) is 11.5 Å². The lowest BCUT2D eigenvalue weighted by molar-refractivity contribution is -0.271. The monoisotopic (exact) mass is 1310 g/mol. The van der Waals surface area contributed by atoms with Crippen LogP contribution in [0.25, 0.3) is 0 Å². The Balaban J connectivity index is 1.20. The van der Waals surface area contributed by atoms with Crippen LogP contribution in [0, 0.1) is 11.8 Å². The van der Waals surface area contributed by atoms with Crippen LogP contribution >= 0.6 is 11.6 Å². The second-order valence-corrected chi connectivity index (χ2v) is 24.2. The number of hydrogen-bond donors (Lipinski definition) is 9. The molecule has 1 unspecified atom stereocenters. The smallest absolute Gasteiger partial charge is 0.333 e. The van der Waals surface area contributed by atoms with E-state index < -0.39 is 144 Å². The van der Waals surface area contributed by atoms with E-state index >= 15 is 0 Å². The summed E-state index contributed by atoms with van der Waals surface area (Å²) in [4.78, 5) is 153. The van der Waals surface area contributed by atoms with E-state index in [2.05, 4.69) is 31.9 Å². The minimum atomic E-state index is -1.85. The zero-order chi connectivity index (χ0) is 68.1. The summed E-state index contributed by atoms with van der Waals surface area (Å²) < 4.78 is 29.8. The Bertz CT molecular complexity index is 3180. The lowest BCUT2D eigenvalue weighted by atomic mass is 9.83. The first-order chi connectivity index (χ1) is 43.4. The number of unbranched alkanes of at least 4 members (excludes halogenated alkanes) is 1. The van der Waals surface area contributed by atoms with Crippen LogP contribution in [0.2, 0.25) is 5.02 Å². The van der Waals surface area contributed by atoms with Crippen LogP contribution in [0.5, 0.6) is 5.75 Å². The second-order valence-electron chi connectivity index (χ2n) is 23.8. The number of epoxide rings is 1. The average Bonchev–Trinajstić information content (AvgIpc) is 1.57. The van der Waals surface area contributed by atoms with Gasteiger partial charge in [0.15, 0.2) is 5.72 Å². The van der Waals surface area contributed by atoms with Crippen molar-refractivity contribution >= 4 is 88.2 Å². The number of amides is 10. The zero-order valence-corrected chi connectivity index (χ0v) is 54.3. The predicted molar refractivity (Wildman–Crippen MR) is 331 cm³/mol. The van der Waals surface area contributed by atoms with Crippen LogP contribution in [0.4, 0.5) is 16.2 Å². The molecular weight excluding hydrogens is 1220 g/mol. The Hall–Kier alpha value is -8.06. The van der Waals surface area contributed by atoms with Gasteiger partial charge in [0.25, 0.3) is 23.6 Å². The fourth-order valence-corrected chi connectivity index (χ4v) is 11.3. The highest BCUT2D eigenvalue weighted by Gasteiger charge is 2.64. The van der Waals surface area contributed by atoms with Gasteiger partial charge in [-0.25, -0.2) is 19.7 Å². The number of benzene rings is 2. The zero-order valence-electron chi connectivity index (χ0n) is 53.5. The molecule has 2 aromatic carbocycles. The number of methoxy groups -OCH3 is 2. The molecule has 10 N–H and O–H groups in total. The van der Waals surface area contributed by atoms with Crippen molar-refractivity contribution in [3.63, 3.8) is 0 Å². The molecule has 11 atom stereocenters. The molecule has 0 aliphatic carbocycles. The van der Waals surface area contributed by atoms with Crippen LogP contribution in [0.3, 0.4) is 0 Å². The van der Waals surface area contributed by atoms with Crippen molar-refractivity contribution in [3.8, 4) is 5.75 Å². The molecule has 3 fully saturated rings. The number of aliphatic hydroxyl groups excluding tert-OH is 1. The number of aliphatic hydroxyl groups is 2. The number of urea groups is 1. The van der Waals surface area contributed by atoms with E-state index in [4.69, 9.17) is 45.9 Å². The Kier molecular flexibility index (Phi) is 25.4. The number of nitrogens with one attached hydrogen (secondary N) is 6. The number of halogens is 1. The first-order valence-electron chi connectivity index (χ1n) is 30.2. The number of hydroxylamine groups is 2. The third-order valence-electron chi connectivity index (χ3n) is 16.6. The van der Waals surface area contributed by atoms with E-state index in [9.17, 15) is 63.0 Å². The van der Waals surface area contributed by atoms with Gasteiger partial charge in [0.05, 0.1) is 42.7 Å². The maximum absolute atomic E-state index is 14.6. The van der Waals surface area contributed by atoms with Gasteiger partial charge in [0, 0.05) is 78.4 Å². The van der Waals surface area contributed by atoms with E-state index in [0.717, 1.165) is 16.0 Å². The normalized spacial score (nSPS) is 25.2. The quantitative estimate of drug-likeness (QED) is 0.0334. The first-order valence-corrected chi connectivity index (χ1v) is 30.6. The molecule has 4 aliphatic rings. The molecular formula is C62H85ClN10O19. The Morgan fingerprint density at radius 2 is 1.64 bits per heavy atom. The first kappa shape index (κ1) is 73.0. The van der Waals surface area contributed by atoms with Gasteiger partial charge in [-0.05, 0) is 94.7 Å². The number of rotatable bonds is 23. The van der Waals surface area contributed by atoms with Crippen molar-refractivity contribution in [3.05, 3.63) is 75.8 Å². The van der Waals surface area contributed by atoms with Crippen molar-refractivity contribution in [1.82, 2.24) is 36.5 Å². The Morgan fingerprint density at radius 3 is 2.28 bits per heavy atom. The van der Waals surface area contributed by atoms with Gasteiger partial charge < -0.3 is 80.9 Å². The summed E-state index contributed by atoms with van der Waals surface area (Å²) in [7, 11) is 6.98. The molecule has 504 valence electrons. The molecule has 0 radical (unpaired) electrons. The number of imide groups is 1. The SMILES string of the molecule is CNC(=O)c1cc(C(=O)N(C)[C@@H](C)C(=O)O[C@H]2CC(=O)N(C)c3cc(cc(OC)c3Cl)C/C(C)=C/C=C/[C@@H](OC)[C@@]3(O)C[C@H](OC(O)N3)[C@@H](C)[C@@H]3O[C@@]23C)ccc1NC(=O)[C@H](CCCNC(N)=O)NC(=O)[C@@H](NC(=O)CCCCC(=O)ON1C(=O)CCC1=O)C(C)C. The second kappa shape index (κ2) is 32.0. The maximum atomic E-state index is 14.6. The van der Waals surface area contributed by atoms with Crippen molar-refractivity contribution in [2.75, 3.05) is 52.1 Å². The van der Waals surface area contributed by atoms with Gasteiger partial charge in [-0.2, -0.15) is 0 Å². The number of carbonyl (C=O) groups is 11. The summed E-state index contributed by atoms with van der Waals surface area (Å²) in [6.07, 6.45) is -0.806. The Morgan fingerprint density at radius 1 is 0.957 bits per heavy atom. The van der Waals surface area contributed by atoms with E-state index in [1.807, 2.05) is 13.0 Å². The third kappa shape index (κ3) is 18.4. The van der Waals surface area contributed by atoms with Gasteiger partial charge in [0.2, 0.25) is 30.0 Å². The van der Waals surface area contributed by atoms with Crippen LogP contribution in [-0.4, -0.2) is 188 Å². The van der Waals surface area contributed by atoms with Crippen molar-refractivity contribution in [1.29, 1.82) is 0 Å². The van der Waals surface area contributed by atoms with Crippen LogP contribution < -0.4 is 47.3 Å². The molecule has 3 saturated heterocycles. The fourth-order valence-electron chi connectivity index (χ4n) is 11.0. The number of carbonyl (C=O) groups excluding carboxylic acids is 11.